The molecule has 21 heavy (non-hydrogen) atoms. The first kappa shape index (κ1) is 14.5. The maximum atomic E-state index is 6.08. The lowest BCUT2D eigenvalue weighted by Gasteiger charge is -2.13. The number of hydrogen-bond donors (Lipinski definition) is 1. The molecule has 0 saturated heterocycles. The van der Waals surface area contributed by atoms with Crippen LogP contribution in [0.2, 0.25) is 0 Å². The van der Waals surface area contributed by atoms with E-state index in [1.54, 1.807) is 18.1 Å². The fraction of sp³-hybridized carbons (Fsp3) is 0.125. The maximum absolute atomic E-state index is 6.08. The van der Waals surface area contributed by atoms with Gasteiger partial charge in [0.1, 0.15) is 11.4 Å². The van der Waals surface area contributed by atoms with Gasteiger partial charge in [0.2, 0.25) is 0 Å². The molecule has 0 amide bonds. The Balaban J connectivity index is 2.07. The van der Waals surface area contributed by atoms with Crippen molar-refractivity contribution in [2.24, 2.45) is 5.73 Å². The summed E-state index contributed by atoms with van der Waals surface area (Å²) in [7, 11) is 0. The smallest absolute Gasteiger partial charge is 0.117 e. The van der Waals surface area contributed by atoms with Crippen LogP contribution in [0, 0.1) is 0 Å². The van der Waals surface area contributed by atoms with Crippen LogP contribution < -0.4 is 5.73 Å². The minimum atomic E-state index is -0.0295. The summed E-state index contributed by atoms with van der Waals surface area (Å²) in [6, 6.07) is 14.2. The summed E-state index contributed by atoms with van der Waals surface area (Å²) in [6.07, 6.45) is 1.61. The second-order valence-corrected chi connectivity index (χ2v) is 6.72. The van der Waals surface area contributed by atoms with Crippen LogP contribution in [0.15, 0.2) is 63.2 Å². The van der Waals surface area contributed by atoms with E-state index in [0.29, 0.717) is 0 Å². The second-order valence-electron chi connectivity index (χ2n) is 4.77. The zero-order valence-electron chi connectivity index (χ0n) is 11.5. The highest BCUT2D eigenvalue weighted by Crippen LogP contribution is 2.36. The molecule has 0 fully saturated rings. The van der Waals surface area contributed by atoms with E-state index in [1.165, 1.54) is 0 Å². The van der Waals surface area contributed by atoms with E-state index < -0.39 is 0 Å². The van der Waals surface area contributed by atoms with Crippen LogP contribution in [0.25, 0.3) is 10.9 Å². The fourth-order valence-electron chi connectivity index (χ4n) is 2.13. The first-order valence-corrected chi connectivity index (χ1v) is 8.19. The number of aromatic nitrogens is 2. The van der Waals surface area contributed by atoms with Gasteiger partial charge in [-0.2, -0.15) is 0 Å². The van der Waals surface area contributed by atoms with Crippen molar-refractivity contribution in [2.45, 2.75) is 22.9 Å². The number of para-hydroxylation sites is 1. The van der Waals surface area contributed by atoms with Crippen molar-refractivity contribution in [3.63, 3.8) is 0 Å². The summed E-state index contributed by atoms with van der Waals surface area (Å²) in [5.74, 6) is 0. The van der Waals surface area contributed by atoms with Crippen molar-refractivity contribution in [2.75, 3.05) is 0 Å². The molecule has 0 bridgehead atoms. The third kappa shape index (κ3) is 3.10. The monoisotopic (exact) mass is 359 g/mol. The van der Waals surface area contributed by atoms with E-state index in [9.17, 15) is 0 Å². The SMILES string of the molecule is CC(N)c1cc(Br)ccc1Sc1ncnc2ccccc12. The van der Waals surface area contributed by atoms with Gasteiger partial charge in [-0.15, -0.1) is 0 Å². The summed E-state index contributed by atoms with van der Waals surface area (Å²) in [5, 5.41) is 2.01. The Hall–Kier alpha value is -1.43. The molecule has 0 aliphatic carbocycles. The number of nitrogens with two attached hydrogens (primary N) is 1. The van der Waals surface area contributed by atoms with Crippen molar-refractivity contribution in [1.82, 2.24) is 9.97 Å². The molecule has 0 aliphatic rings. The van der Waals surface area contributed by atoms with Crippen molar-refractivity contribution in [3.05, 3.63) is 58.8 Å². The largest absolute Gasteiger partial charge is 0.324 e. The number of benzene rings is 2. The molecular formula is C16H14BrN3S. The third-order valence-electron chi connectivity index (χ3n) is 3.18. The van der Waals surface area contributed by atoms with Gasteiger partial charge in [0.15, 0.2) is 0 Å². The summed E-state index contributed by atoms with van der Waals surface area (Å²) in [4.78, 5) is 9.85. The molecule has 0 spiro atoms. The third-order valence-corrected chi connectivity index (χ3v) is 4.78. The Labute approximate surface area is 136 Å². The van der Waals surface area contributed by atoms with E-state index in [1.807, 2.05) is 37.3 Å². The van der Waals surface area contributed by atoms with Crippen LogP contribution in [-0.4, -0.2) is 9.97 Å². The van der Waals surface area contributed by atoms with Gasteiger partial charge in [-0.25, -0.2) is 9.97 Å². The quantitative estimate of drug-likeness (QED) is 0.696. The molecule has 3 nitrogen and oxygen atoms in total. The van der Waals surface area contributed by atoms with E-state index in [0.717, 1.165) is 30.9 Å². The van der Waals surface area contributed by atoms with Crippen molar-refractivity contribution in [1.29, 1.82) is 0 Å². The van der Waals surface area contributed by atoms with Crippen LogP contribution in [0.4, 0.5) is 0 Å². The van der Waals surface area contributed by atoms with E-state index in [-0.39, 0.29) is 6.04 Å². The Bertz CT molecular complexity index is 784. The topological polar surface area (TPSA) is 51.8 Å². The van der Waals surface area contributed by atoms with Gasteiger partial charge in [-0.3, -0.25) is 0 Å². The number of halogens is 1. The number of rotatable bonds is 3. The summed E-state index contributed by atoms with van der Waals surface area (Å²) < 4.78 is 1.03. The minimum absolute atomic E-state index is 0.0295. The lowest BCUT2D eigenvalue weighted by Crippen LogP contribution is -2.06. The highest BCUT2D eigenvalue weighted by molar-refractivity contribution is 9.10. The molecule has 0 radical (unpaired) electrons. The Kier molecular flexibility index (Phi) is 4.24. The number of nitrogens with zero attached hydrogens (tertiary/aromatic N) is 2. The van der Waals surface area contributed by atoms with Crippen molar-refractivity contribution < 1.29 is 0 Å². The summed E-state index contributed by atoms with van der Waals surface area (Å²) >= 11 is 5.13. The van der Waals surface area contributed by atoms with Gasteiger partial charge in [0.05, 0.1) is 5.52 Å². The number of hydrogen-bond acceptors (Lipinski definition) is 4. The van der Waals surface area contributed by atoms with Gasteiger partial charge in [0.25, 0.3) is 0 Å². The zero-order valence-corrected chi connectivity index (χ0v) is 13.9. The van der Waals surface area contributed by atoms with Crippen LogP contribution in [0.5, 0.6) is 0 Å². The first-order valence-electron chi connectivity index (χ1n) is 6.58. The lowest BCUT2D eigenvalue weighted by atomic mass is 10.1. The zero-order chi connectivity index (χ0) is 14.8. The lowest BCUT2D eigenvalue weighted by molar-refractivity contribution is 0.796. The molecule has 2 aromatic carbocycles. The van der Waals surface area contributed by atoms with Gasteiger partial charge in [-0.1, -0.05) is 45.9 Å². The van der Waals surface area contributed by atoms with Gasteiger partial charge < -0.3 is 5.73 Å². The normalized spacial score (nSPS) is 12.5. The molecule has 106 valence electrons. The Morgan fingerprint density at radius 1 is 1.14 bits per heavy atom. The molecule has 0 aliphatic heterocycles. The molecule has 3 aromatic rings. The molecule has 1 aromatic heterocycles. The van der Waals surface area contributed by atoms with Gasteiger partial charge >= 0.3 is 0 Å². The van der Waals surface area contributed by atoms with Crippen molar-refractivity contribution in [3.8, 4) is 0 Å². The molecule has 5 heteroatoms. The van der Waals surface area contributed by atoms with E-state index in [2.05, 4.69) is 38.0 Å². The van der Waals surface area contributed by atoms with Crippen LogP contribution in [-0.2, 0) is 0 Å². The molecule has 0 saturated carbocycles. The Morgan fingerprint density at radius 3 is 2.76 bits per heavy atom. The highest BCUT2D eigenvalue weighted by atomic mass is 79.9. The fourth-order valence-corrected chi connectivity index (χ4v) is 3.60. The van der Waals surface area contributed by atoms with Gasteiger partial charge in [0, 0.05) is 20.8 Å². The molecule has 1 heterocycles. The molecule has 1 unspecified atom stereocenters. The van der Waals surface area contributed by atoms with E-state index >= 15 is 0 Å². The maximum Gasteiger partial charge on any atom is 0.117 e. The van der Waals surface area contributed by atoms with Crippen LogP contribution in [0.1, 0.15) is 18.5 Å². The predicted octanol–water partition coefficient (Wildman–Crippen LogP) is 4.56. The standard InChI is InChI=1S/C16H14BrN3S/c1-10(18)13-8-11(17)6-7-15(13)21-16-12-4-2-3-5-14(12)19-9-20-16/h2-10H,18H2,1H3. The summed E-state index contributed by atoms with van der Waals surface area (Å²) in [6.45, 7) is 1.99. The van der Waals surface area contributed by atoms with Crippen LogP contribution in [0.3, 0.4) is 0 Å². The molecular weight excluding hydrogens is 346 g/mol. The molecule has 2 N–H and O–H groups in total. The second kappa shape index (κ2) is 6.13. The van der Waals surface area contributed by atoms with Crippen LogP contribution >= 0.6 is 27.7 Å². The van der Waals surface area contributed by atoms with Gasteiger partial charge in [-0.05, 0) is 36.8 Å². The average Bonchev–Trinajstić information content (AvgIpc) is 2.49. The average molecular weight is 360 g/mol. The highest BCUT2D eigenvalue weighted by Gasteiger charge is 2.12. The van der Waals surface area contributed by atoms with E-state index in [4.69, 9.17) is 5.73 Å². The predicted molar refractivity (Wildman–Crippen MR) is 90.4 cm³/mol. The first-order chi connectivity index (χ1) is 10.1. The minimum Gasteiger partial charge on any atom is -0.324 e. The molecule has 3 rings (SSSR count). The summed E-state index contributed by atoms with van der Waals surface area (Å²) in [5.41, 5.74) is 8.14. The number of fused-ring (bicyclic) bond motifs is 1. The Morgan fingerprint density at radius 2 is 1.95 bits per heavy atom. The van der Waals surface area contributed by atoms with Crippen molar-refractivity contribution >= 4 is 38.6 Å². The molecule has 1 atom stereocenters.